The van der Waals surface area contributed by atoms with Crippen molar-refractivity contribution in [3.05, 3.63) is 109 Å². The maximum absolute atomic E-state index is 9.96. The topological polar surface area (TPSA) is 49.7 Å². The Hall–Kier alpha value is -3.24. The van der Waals surface area contributed by atoms with Crippen LogP contribution in [0.25, 0.3) is 33.4 Å². The van der Waals surface area contributed by atoms with Gasteiger partial charge in [0.2, 0.25) is 0 Å². The van der Waals surface area contributed by atoms with E-state index in [1.54, 1.807) is 0 Å². The third kappa shape index (κ3) is 4.23. The number of ether oxygens (including phenoxy) is 1. The van der Waals surface area contributed by atoms with Crippen molar-refractivity contribution in [2.24, 2.45) is 0 Å². The summed E-state index contributed by atoms with van der Waals surface area (Å²) in [6, 6.07) is 35.9. The first-order valence-electron chi connectivity index (χ1n) is 11.0. The number of hydrogen-bond donors (Lipinski definition) is 2. The van der Waals surface area contributed by atoms with Gasteiger partial charge in [-0.3, -0.25) is 0 Å². The van der Waals surface area contributed by atoms with Crippen LogP contribution in [0.2, 0.25) is 0 Å². The minimum absolute atomic E-state index is 0.156. The summed E-state index contributed by atoms with van der Waals surface area (Å²) in [5, 5.41) is 19.2. The molecule has 2 N–H and O–H groups in total. The first-order valence-corrected chi connectivity index (χ1v) is 11.0. The molecule has 1 saturated heterocycles. The number of rotatable bonds is 5. The maximum Gasteiger partial charge on any atom is 0.107 e. The van der Waals surface area contributed by atoms with E-state index in [4.69, 9.17) is 4.74 Å². The van der Waals surface area contributed by atoms with Crippen molar-refractivity contribution < 1.29 is 14.9 Å². The van der Waals surface area contributed by atoms with E-state index in [1.807, 2.05) is 18.2 Å². The molecule has 1 fully saturated rings. The fourth-order valence-corrected chi connectivity index (χ4v) is 4.34. The van der Waals surface area contributed by atoms with Gasteiger partial charge in [-0.15, -0.1) is 0 Å². The van der Waals surface area contributed by atoms with Gasteiger partial charge in [-0.2, -0.15) is 0 Å². The Kier molecular flexibility index (Phi) is 5.87. The highest BCUT2D eigenvalue weighted by atomic mass is 16.5. The summed E-state index contributed by atoms with van der Waals surface area (Å²) in [5.74, 6) is 0. The lowest BCUT2D eigenvalue weighted by Gasteiger charge is -2.13. The van der Waals surface area contributed by atoms with Crippen LogP contribution in [0.1, 0.15) is 18.1 Å². The van der Waals surface area contributed by atoms with Crippen molar-refractivity contribution in [3.63, 3.8) is 0 Å². The van der Waals surface area contributed by atoms with Gasteiger partial charge in [0.25, 0.3) is 0 Å². The van der Waals surface area contributed by atoms with Crippen molar-refractivity contribution >= 4 is 0 Å². The van der Waals surface area contributed by atoms with Gasteiger partial charge in [-0.05, 0) is 38.9 Å². The van der Waals surface area contributed by atoms with Crippen LogP contribution in [0.15, 0.2) is 103 Å². The van der Waals surface area contributed by atoms with E-state index < -0.39 is 12.2 Å². The summed E-state index contributed by atoms with van der Waals surface area (Å²) in [6.07, 6.45) is -0.757. The molecule has 5 rings (SSSR count). The molecule has 0 spiro atoms. The summed E-state index contributed by atoms with van der Waals surface area (Å²) in [7, 11) is 0. The molecule has 0 bridgehead atoms. The SMILES string of the molecule is OC[C@H]1OC(c2ccc(-c3ccc(-c4ccc(-c5ccccc5)cc4)cc3)cc2)C[C@@H]1O. The molecule has 160 valence electrons. The van der Waals surface area contributed by atoms with Crippen molar-refractivity contribution in [2.75, 3.05) is 6.61 Å². The minimum atomic E-state index is -0.612. The van der Waals surface area contributed by atoms with Crippen LogP contribution in [-0.4, -0.2) is 29.0 Å². The largest absolute Gasteiger partial charge is 0.394 e. The molecule has 3 atom stereocenters. The molecule has 3 nitrogen and oxygen atoms in total. The van der Waals surface area contributed by atoms with Crippen LogP contribution >= 0.6 is 0 Å². The number of hydrogen-bond acceptors (Lipinski definition) is 3. The van der Waals surface area contributed by atoms with Gasteiger partial charge in [0.15, 0.2) is 0 Å². The fourth-order valence-electron chi connectivity index (χ4n) is 4.34. The third-order valence-electron chi connectivity index (χ3n) is 6.23. The second-order valence-electron chi connectivity index (χ2n) is 8.29. The van der Waals surface area contributed by atoms with Crippen LogP contribution in [0.4, 0.5) is 0 Å². The Balaban J connectivity index is 1.30. The van der Waals surface area contributed by atoms with E-state index >= 15 is 0 Å². The zero-order valence-corrected chi connectivity index (χ0v) is 17.8. The van der Waals surface area contributed by atoms with E-state index in [1.165, 1.54) is 22.3 Å². The molecule has 0 saturated carbocycles. The smallest absolute Gasteiger partial charge is 0.107 e. The Morgan fingerprint density at radius 3 is 1.41 bits per heavy atom. The summed E-state index contributed by atoms with van der Waals surface area (Å²) in [4.78, 5) is 0. The molecular weight excluding hydrogens is 396 g/mol. The molecule has 1 unspecified atom stereocenters. The van der Waals surface area contributed by atoms with Crippen LogP contribution < -0.4 is 0 Å². The van der Waals surface area contributed by atoms with Gasteiger partial charge in [0.05, 0.1) is 18.8 Å². The molecule has 0 radical (unpaired) electrons. The molecule has 0 aliphatic carbocycles. The van der Waals surface area contributed by atoms with Crippen molar-refractivity contribution in [2.45, 2.75) is 24.7 Å². The van der Waals surface area contributed by atoms with Gasteiger partial charge >= 0.3 is 0 Å². The molecule has 4 aromatic rings. The number of aliphatic hydroxyl groups is 2. The molecule has 3 heteroatoms. The van der Waals surface area contributed by atoms with Gasteiger partial charge in [0, 0.05) is 6.42 Å². The van der Waals surface area contributed by atoms with E-state index in [2.05, 4.69) is 84.9 Å². The van der Waals surface area contributed by atoms with E-state index in [0.717, 1.165) is 16.7 Å². The lowest BCUT2D eigenvalue weighted by Crippen LogP contribution is -2.24. The van der Waals surface area contributed by atoms with E-state index in [0.29, 0.717) is 6.42 Å². The number of benzene rings is 4. The highest BCUT2D eigenvalue weighted by Crippen LogP contribution is 2.34. The maximum atomic E-state index is 9.96. The standard InChI is InChI=1S/C29H26O3/c30-19-29-27(31)18-28(32-29)26-16-14-25(15-17-26)24-12-10-23(11-13-24)22-8-6-21(7-9-22)20-4-2-1-3-5-20/h1-17,27-31H,18-19H2/t27-,28?,29+/m0/s1. The molecule has 1 heterocycles. The lowest BCUT2D eigenvalue weighted by atomic mass is 9.97. The highest BCUT2D eigenvalue weighted by Gasteiger charge is 2.34. The van der Waals surface area contributed by atoms with Crippen LogP contribution in [0, 0.1) is 0 Å². The van der Waals surface area contributed by atoms with Crippen molar-refractivity contribution in [3.8, 4) is 33.4 Å². The van der Waals surface area contributed by atoms with Gasteiger partial charge in [-0.1, -0.05) is 103 Å². The summed E-state index contributed by atoms with van der Waals surface area (Å²) in [5.41, 5.74) is 8.14. The van der Waals surface area contributed by atoms with E-state index in [9.17, 15) is 10.2 Å². The number of aliphatic hydroxyl groups excluding tert-OH is 2. The van der Waals surface area contributed by atoms with Crippen LogP contribution in [0.5, 0.6) is 0 Å². The third-order valence-corrected chi connectivity index (χ3v) is 6.23. The highest BCUT2D eigenvalue weighted by molar-refractivity contribution is 5.73. The van der Waals surface area contributed by atoms with Crippen LogP contribution in [-0.2, 0) is 4.74 Å². The summed E-state index contributed by atoms with van der Waals surface area (Å²) in [6.45, 7) is -0.156. The Morgan fingerprint density at radius 2 is 1.00 bits per heavy atom. The molecular formula is C29H26O3. The summed E-state index contributed by atoms with van der Waals surface area (Å²) < 4.78 is 5.76. The predicted octanol–water partition coefficient (Wildman–Crippen LogP) is 5.87. The van der Waals surface area contributed by atoms with Crippen molar-refractivity contribution in [1.82, 2.24) is 0 Å². The predicted molar refractivity (Wildman–Crippen MR) is 128 cm³/mol. The van der Waals surface area contributed by atoms with Gasteiger partial charge in [-0.25, -0.2) is 0 Å². The zero-order chi connectivity index (χ0) is 21.9. The quantitative estimate of drug-likeness (QED) is 0.423. The molecule has 1 aliphatic heterocycles. The zero-order valence-electron chi connectivity index (χ0n) is 17.8. The first kappa shape index (κ1) is 20.7. The molecule has 32 heavy (non-hydrogen) atoms. The minimum Gasteiger partial charge on any atom is -0.394 e. The molecule has 4 aromatic carbocycles. The average molecular weight is 423 g/mol. The van der Waals surface area contributed by atoms with Gasteiger partial charge < -0.3 is 14.9 Å². The molecule has 1 aliphatic rings. The Labute approximate surface area is 188 Å². The molecule has 0 aromatic heterocycles. The van der Waals surface area contributed by atoms with E-state index in [-0.39, 0.29) is 12.7 Å². The Bertz CT molecular complexity index is 1150. The lowest BCUT2D eigenvalue weighted by molar-refractivity contribution is -0.0225. The fraction of sp³-hybridized carbons (Fsp3) is 0.172. The van der Waals surface area contributed by atoms with Crippen LogP contribution in [0.3, 0.4) is 0 Å². The first-order chi connectivity index (χ1) is 15.7. The second kappa shape index (κ2) is 9.09. The Morgan fingerprint density at radius 1 is 0.594 bits per heavy atom. The summed E-state index contributed by atoms with van der Waals surface area (Å²) >= 11 is 0. The normalized spacial score (nSPS) is 20.4. The second-order valence-corrected chi connectivity index (χ2v) is 8.29. The van der Waals surface area contributed by atoms with Gasteiger partial charge in [0.1, 0.15) is 6.10 Å². The van der Waals surface area contributed by atoms with Crippen molar-refractivity contribution in [1.29, 1.82) is 0 Å². The monoisotopic (exact) mass is 422 g/mol. The molecule has 0 amide bonds. The average Bonchev–Trinajstić information content (AvgIpc) is 3.25.